The van der Waals surface area contributed by atoms with Crippen LogP contribution in [0.5, 0.6) is 0 Å². The van der Waals surface area contributed by atoms with Crippen molar-refractivity contribution in [3.05, 3.63) is 0 Å². The Morgan fingerprint density at radius 3 is 1.67 bits per heavy atom. The molecule has 0 fully saturated rings. The molecule has 0 amide bonds. The molecule has 0 spiro atoms. The molecule has 0 heterocycles. The highest BCUT2D eigenvalue weighted by atomic mass is 31.2. The van der Waals surface area contributed by atoms with Gasteiger partial charge in [-0.05, 0) is 18.8 Å². The van der Waals surface area contributed by atoms with Gasteiger partial charge < -0.3 is 19.3 Å². The fourth-order valence-corrected chi connectivity index (χ4v) is 4.27. The number of ether oxygens (including phenoxy) is 2. The zero-order chi connectivity index (χ0) is 27.1. The van der Waals surface area contributed by atoms with Gasteiger partial charge in [-0.3, -0.25) is 14.1 Å². The van der Waals surface area contributed by atoms with Crippen LogP contribution in [0.15, 0.2) is 0 Å². The number of hydrogen-bond acceptors (Lipinski definition) is 6. The van der Waals surface area contributed by atoms with E-state index < -0.39 is 32.5 Å². The SMILES string of the molecule is CCCCCCCC(=O)OC[C@H](COP(=O)(O)O)OC(=O)CCCCCCCCCCCCC(C)C. The van der Waals surface area contributed by atoms with Crippen LogP contribution in [-0.4, -0.2) is 41.0 Å². The molecule has 2 N–H and O–H groups in total. The molecule has 0 radical (unpaired) electrons. The molecule has 0 bridgehead atoms. The quantitative estimate of drug-likeness (QED) is 0.0711. The highest BCUT2D eigenvalue weighted by molar-refractivity contribution is 7.46. The molecule has 214 valence electrons. The Hall–Kier alpha value is -0.950. The van der Waals surface area contributed by atoms with E-state index in [1.165, 1.54) is 44.9 Å². The van der Waals surface area contributed by atoms with Gasteiger partial charge >= 0.3 is 19.8 Å². The van der Waals surface area contributed by atoms with Crippen molar-refractivity contribution in [2.75, 3.05) is 13.2 Å². The predicted molar refractivity (Wildman–Crippen MR) is 142 cm³/mol. The van der Waals surface area contributed by atoms with Gasteiger partial charge in [0.1, 0.15) is 6.61 Å². The molecule has 0 aliphatic carbocycles. The van der Waals surface area contributed by atoms with Gasteiger partial charge in [0, 0.05) is 12.8 Å². The van der Waals surface area contributed by atoms with Crippen LogP contribution < -0.4 is 0 Å². The Morgan fingerprint density at radius 2 is 1.17 bits per heavy atom. The molecule has 0 aromatic rings. The first-order chi connectivity index (χ1) is 17.1. The predicted octanol–water partition coefficient (Wildman–Crippen LogP) is 7.25. The van der Waals surface area contributed by atoms with Gasteiger partial charge in [-0.1, -0.05) is 111 Å². The zero-order valence-electron chi connectivity index (χ0n) is 23.1. The number of phosphoric ester groups is 1. The molecule has 36 heavy (non-hydrogen) atoms. The third kappa shape index (κ3) is 26.1. The normalized spacial score (nSPS) is 12.6. The standard InChI is InChI=1S/C27H53O8P/c1-4-5-6-13-17-20-26(28)33-22-25(23-34-36(30,31)32)35-27(29)21-18-15-12-10-8-7-9-11-14-16-19-24(2)3/h24-25H,4-23H2,1-3H3,(H2,30,31,32)/t25-/m1/s1. The van der Waals surface area contributed by atoms with E-state index in [4.69, 9.17) is 19.3 Å². The average molecular weight is 537 g/mol. The summed E-state index contributed by atoms with van der Waals surface area (Å²) in [4.78, 5) is 42.0. The van der Waals surface area contributed by atoms with E-state index in [0.29, 0.717) is 6.42 Å². The van der Waals surface area contributed by atoms with Crippen LogP contribution in [0.4, 0.5) is 0 Å². The first-order valence-corrected chi connectivity index (χ1v) is 15.7. The fraction of sp³-hybridized carbons (Fsp3) is 0.926. The Balaban J connectivity index is 4.01. The molecule has 0 saturated carbocycles. The van der Waals surface area contributed by atoms with E-state index in [9.17, 15) is 14.2 Å². The number of esters is 2. The van der Waals surface area contributed by atoms with E-state index in [2.05, 4.69) is 25.3 Å². The smallest absolute Gasteiger partial charge is 0.462 e. The number of hydrogen-bond donors (Lipinski definition) is 2. The van der Waals surface area contributed by atoms with Crippen LogP contribution in [0, 0.1) is 5.92 Å². The Kier molecular flexibility index (Phi) is 22.6. The number of rotatable bonds is 25. The molecule has 0 aliphatic heterocycles. The van der Waals surface area contributed by atoms with Gasteiger partial charge in [-0.15, -0.1) is 0 Å². The lowest BCUT2D eigenvalue weighted by molar-refractivity contribution is -0.161. The second-order valence-corrected chi connectivity index (χ2v) is 11.5. The first kappa shape index (κ1) is 35.0. The lowest BCUT2D eigenvalue weighted by Crippen LogP contribution is -2.29. The summed E-state index contributed by atoms with van der Waals surface area (Å²) in [6.07, 6.45) is 17.4. The van der Waals surface area contributed by atoms with Gasteiger partial charge in [-0.25, -0.2) is 4.57 Å². The van der Waals surface area contributed by atoms with Gasteiger partial charge in [-0.2, -0.15) is 0 Å². The maximum absolute atomic E-state index is 12.2. The van der Waals surface area contributed by atoms with Gasteiger partial charge in [0.25, 0.3) is 0 Å². The summed E-state index contributed by atoms with van der Waals surface area (Å²) in [5.41, 5.74) is 0. The molecule has 0 aromatic heterocycles. The maximum Gasteiger partial charge on any atom is 0.469 e. The number of unbranched alkanes of at least 4 members (excludes halogenated alkanes) is 13. The summed E-state index contributed by atoms with van der Waals surface area (Å²) >= 11 is 0. The number of phosphoric acid groups is 1. The molecular formula is C27H53O8P. The van der Waals surface area contributed by atoms with Crippen LogP contribution in [-0.2, 0) is 28.2 Å². The van der Waals surface area contributed by atoms with E-state index in [1.54, 1.807) is 0 Å². The van der Waals surface area contributed by atoms with Crippen LogP contribution in [0.2, 0.25) is 0 Å². The number of carbonyl (C=O) groups is 2. The molecule has 9 heteroatoms. The molecule has 0 aliphatic rings. The van der Waals surface area contributed by atoms with Crippen LogP contribution >= 0.6 is 7.82 Å². The van der Waals surface area contributed by atoms with E-state index >= 15 is 0 Å². The summed E-state index contributed by atoms with van der Waals surface area (Å²) in [5.74, 6) is -0.0979. The van der Waals surface area contributed by atoms with Crippen molar-refractivity contribution in [2.45, 2.75) is 142 Å². The maximum atomic E-state index is 12.2. The molecule has 0 unspecified atom stereocenters. The van der Waals surface area contributed by atoms with Crippen molar-refractivity contribution in [1.82, 2.24) is 0 Å². The molecule has 1 atom stereocenters. The van der Waals surface area contributed by atoms with E-state index in [1.807, 2.05) is 0 Å². The molecule has 8 nitrogen and oxygen atoms in total. The topological polar surface area (TPSA) is 119 Å². The molecule has 0 saturated heterocycles. The van der Waals surface area contributed by atoms with Gasteiger partial charge in [0.15, 0.2) is 6.10 Å². The van der Waals surface area contributed by atoms with Crippen molar-refractivity contribution >= 4 is 19.8 Å². The third-order valence-corrected chi connectivity index (χ3v) is 6.54. The minimum Gasteiger partial charge on any atom is -0.462 e. The summed E-state index contributed by atoms with van der Waals surface area (Å²) in [7, 11) is -4.72. The highest BCUT2D eigenvalue weighted by Crippen LogP contribution is 2.35. The summed E-state index contributed by atoms with van der Waals surface area (Å²) in [6.45, 7) is 5.85. The van der Waals surface area contributed by atoms with Gasteiger partial charge in [0.05, 0.1) is 6.61 Å². The van der Waals surface area contributed by atoms with Crippen molar-refractivity contribution in [3.63, 3.8) is 0 Å². The second kappa shape index (κ2) is 23.2. The van der Waals surface area contributed by atoms with Crippen LogP contribution in [0.25, 0.3) is 0 Å². The van der Waals surface area contributed by atoms with E-state index in [-0.39, 0.29) is 19.4 Å². The molecular weight excluding hydrogens is 483 g/mol. The minimum absolute atomic E-state index is 0.216. The van der Waals surface area contributed by atoms with Crippen LogP contribution in [0.3, 0.4) is 0 Å². The van der Waals surface area contributed by atoms with Crippen molar-refractivity contribution in [3.8, 4) is 0 Å². The average Bonchev–Trinajstić information content (AvgIpc) is 2.80. The Morgan fingerprint density at radius 1 is 0.694 bits per heavy atom. The largest absolute Gasteiger partial charge is 0.469 e. The van der Waals surface area contributed by atoms with Crippen molar-refractivity contribution < 1.29 is 37.9 Å². The second-order valence-electron chi connectivity index (χ2n) is 10.2. The fourth-order valence-electron chi connectivity index (χ4n) is 3.91. The lowest BCUT2D eigenvalue weighted by Gasteiger charge is -2.18. The molecule has 0 aromatic carbocycles. The summed E-state index contributed by atoms with van der Waals surface area (Å²) in [6, 6.07) is 0. The van der Waals surface area contributed by atoms with E-state index in [0.717, 1.165) is 57.3 Å². The highest BCUT2D eigenvalue weighted by Gasteiger charge is 2.22. The molecule has 0 rings (SSSR count). The Bertz CT molecular complexity index is 590. The summed E-state index contributed by atoms with van der Waals surface area (Å²) in [5, 5.41) is 0. The van der Waals surface area contributed by atoms with Crippen molar-refractivity contribution in [1.29, 1.82) is 0 Å². The lowest BCUT2D eigenvalue weighted by atomic mass is 10.0. The first-order valence-electron chi connectivity index (χ1n) is 14.2. The number of carbonyl (C=O) groups excluding carboxylic acids is 2. The van der Waals surface area contributed by atoms with Gasteiger partial charge in [0.2, 0.25) is 0 Å². The zero-order valence-corrected chi connectivity index (χ0v) is 24.0. The third-order valence-electron chi connectivity index (χ3n) is 6.05. The van der Waals surface area contributed by atoms with Crippen LogP contribution in [0.1, 0.15) is 136 Å². The Labute approximate surface area is 219 Å². The summed E-state index contributed by atoms with van der Waals surface area (Å²) < 4.78 is 25.9. The monoisotopic (exact) mass is 536 g/mol. The minimum atomic E-state index is -4.72. The van der Waals surface area contributed by atoms with Crippen molar-refractivity contribution in [2.24, 2.45) is 5.92 Å².